The van der Waals surface area contributed by atoms with Crippen molar-refractivity contribution in [3.05, 3.63) is 35.9 Å². The largest absolute Gasteiger partial charge is 0.469 e. The van der Waals surface area contributed by atoms with Gasteiger partial charge in [-0.15, -0.1) is 0 Å². The minimum absolute atomic E-state index is 0.0611. The molecular formula is C14H19NO2. The Bertz CT molecular complexity index is 364. The molecule has 1 aromatic carbocycles. The van der Waals surface area contributed by atoms with Gasteiger partial charge in [0, 0.05) is 12.6 Å². The Morgan fingerprint density at radius 3 is 2.82 bits per heavy atom. The van der Waals surface area contributed by atoms with Gasteiger partial charge < -0.3 is 10.1 Å². The summed E-state index contributed by atoms with van der Waals surface area (Å²) in [6, 6.07) is 10.8. The fraction of sp³-hybridized carbons (Fsp3) is 0.500. The van der Waals surface area contributed by atoms with E-state index in [1.54, 1.807) is 0 Å². The monoisotopic (exact) mass is 233 g/mol. The average Bonchev–Trinajstić information content (AvgIpc) is 2.85. The summed E-state index contributed by atoms with van der Waals surface area (Å²) >= 11 is 0. The summed E-state index contributed by atoms with van der Waals surface area (Å²) in [5.41, 5.74) is 1.29. The molecule has 1 aliphatic rings. The lowest BCUT2D eigenvalue weighted by molar-refractivity contribution is -0.145. The van der Waals surface area contributed by atoms with Crippen molar-refractivity contribution in [3.63, 3.8) is 0 Å². The second kappa shape index (κ2) is 5.82. The van der Waals surface area contributed by atoms with Gasteiger partial charge in [-0.3, -0.25) is 4.79 Å². The number of carbonyl (C=O) groups excluding carboxylic acids is 1. The van der Waals surface area contributed by atoms with Crippen LogP contribution in [0.25, 0.3) is 0 Å². The Kier molecular flexibility index (Phi) is 4.15. The maximum atomic E-state index is 11.4. The van der Waals surface area contributed by atoms with Crippen molar-refractivity contribution < 1.29 is 9.53 Å². The molecule has 1 saturated carbocycles. The second-order valence-corrected chi connectivity index (χ2v) is 4.60. The molecule has 0 spiro atoms. The first-order chi connectivity index (χ1) is 8.29. The van der Waals surface area contributed by atoms with Gasteiger partial charge in [-0.05, 0) is 24.8 Å². The van der Waals surface area contributed by atoms with Crippen LogP contribution >= 0.6 is 0 Å². The molecule has 2 atom stereocenters. The molecule has 1 aliphatic carbocycles. The van der Waals surface area contributed by atoms with Crippen molar-refractivity contribution in [2.75, 3.05) is 7.11 Å². The zero-order valence-electron chi connectivity index (χ0n) is 10.2. The van der Waals surface area contributed by atoms with E-state index in [9.17, 15) is 4.79 Å². The van der Waals surface area contributed by atoms with Crippen molar-refractivity contribution in [2.24, 2.45) is 5.92 Å². The van der Waals surface area contributed by atoms with Crippen LogP contribution in [0.4, 0.5) is 0 Å². The average molecular weight is 233 g/mol. The molecule has 17 heavy (non-hydrogen) atoms. The van der Waals surface area contributed by atoms with E-state index < -0.39 is 0 Å². The smallest absolute Gasteiger partial charge is 0.308 e. The first kappa shape index (κ1) is 12.1. The van der Waals surface area contributed by atoms with Crippen LogP contribution in [-0.2, 0) is 16.1 Å². The van der Waals surface area contributed by atoms with Crippen molar-refractivity contribution in [1.82, 2.24) is 5.32 Å². The van der Waals surface area contributed by atoms with Crippen LogP contribution in [-0.4, -0.2) is 19.1 Å². The first-order valence-electron chi connectivity index (χ1n) is 6.14. The summed E-state index contributed by atoms with van der Waals surface area (Å²) in [7, 11) is 1.47. The molecule has 3 heteroatoms. The standard InChI is InChI=1S/C14H19NO2/c1-17-14(16)12-7-8-13(9-12)15-10-11-5-3-2-4-6-11/h2-6,12-13,15H,7-10H2,1H3. The van der Waals surface area contributed by atoms with Gasteiger partial charge in [-0.25, -0.2) is 0 Å². The van der Waals surface area contributed by atoms with E-state index in [-0.39, 0.29) is 11.9 Å². The van der Waals surface area contributed by atoms with Crippen molar-refractivity contribution in [2.45, 2.75) is 31.8 Å². The highest BCUT2D eigenvalue weighted by molar-refractivity contribution is 5.72. The third kappa shape index (κ3) is 3.30. The zero-order chi connectivity index (χ0) is 12.1. The Hall–Kier alpha value is -1.35. The third-order valence-electron chi connectivity index (χ3n) is 3.40. The van der Waals surface area contributed by atoms with Crippen LogP contribution in [0.15, 0.2) is 30.3 Å². The Morgan fingerprint density at radius 2 is 2.12 bits per heavy atom. The second-order valence-electron chi connectivity index (χ2n) is 4.60. The molecule has 0 heterocycles. The minimum atomic E-state index is -0.0611. The van der Waals surface area contributed by atoms with Crippen LogP contribution in [0.1, 0.15) is 24.8 Å². The molecule has 0 bridgehead atoms. The van der Waals surface area contributed by atoms with Crippen LogP contribution in [0.5, 0.6) is 0 Å². The number of ether oxygens (including phenoxy) is 1. The van der Waals surface area contributed by atoms with Gasteiger partial charge in [0.05, 0.1) is 13.0 Å². The van der Waals surface area contributed by atoms with E-state index in [0.717, 1.165) is 25.8 Å². The number of nitrogens with one attached hydrogen (secondary N) is 1. The van der Waals surface area contributed by atoms with Gasteiger partial charge in [0.2, 0.25) is 0 Å². The van der Waals surface area contributed by atoms with E-state index in [1.165, 1.54) is 12.7 Å². The summed E-state index contributed by atoms with van der Waals surface area (Å²) in [5, 5.41) is 3.50. The van der Waals surface area contributed by atoms with Crippen molar-refractivity contribution in [1.29, 1.82) is 0 Å². The molecule has 1 fully saturated rings. The summed E-state index contributed by atoms with van der Waals surface area (Å²) in [6.45, 7) is 0.874. The summed E-state index contributed by atoms with van der Waals surface area (Å²) in [4.78, 5) is 11.4. The predicted molar refractivity (Wildman–Crippen MR) is 66.4 cm³/mol. The van der Waals surface area contributed by atoms with E-state index in [2.05, 4.69) is 17.4 Å². The molecule has 1 aromatic rings. The Balaban J connectivity index is 1.77. The molecule has 2 unspecified atom stereocenters. The fourth-order valence-corrected chi connectivity index (χ4v) is 2.41. The van der Waals surface area contributed by atoms with E-state index >= 15 is 0 Å². The molecule has 92 valence electrons. The van der Waals surface area contributed by atoms with Crippen molar-refractivity contribution >= 4 is 5.97 Å². The molecule has 0 saturated heterocycles. The molecular weight excluding hydrogens is 214 g/mol. The lowest BCUT2D eigenvalue weighted by Gasteiger charge is -2.12. The SMILES string of the molecule is COC(=O)C1CCC(NCc2ccccc2)C1. The van der Waals surface area contributed by atoms with Gasteiger partial charge in [-0.2, -0.15) is 0 Å². The molecule has 3 nitrogen and oxygen atoms in total. The van der Waals surface area contributed by atoms with Gasteiger partial charge in [0.25, 0.3) is 0 Å². The highest BCUT2D eigenvalue weighted by Crippen LogP contribution is 2.26. The lowest BCUT2D eigenvalue weighted by Crippen LogP contribution is -2.26. The minimum Gasteiger partial charge on any atom is -0.469 e. The molecule has 0 aliphatic heterocycles. The third-order valence-corrected chi connectivity index (χ3v) is 3.40. The van der Waals surface area contributed by atoms with E-state index in [0.29, 0.717) is 6.04 Å². The quantitative estimate of drug-likeness (QED) is 0.809. The maximum absolute atomic E-state index is 11.4. The fourth-order valence-electron chi connectivity index (χ4n) is 2.41. The number of esters is 1. The van der Waals surface area contributed by atoms with Crippen LogP contribution < -0.4 is 5.32 Å². The van der Waals surface area contributed by atoms with Crippen molar-refractivity contribution in [3.8, 4) is 0 Å². The number of hydrogen-bond acceptors (Lipinski definition) is 3. The zero-order valence-corrected chi connectivity index (χ0v) is 10.2. The Labute approximate surface area is 102 Å². The number of rotatable bonds is 4. The summed E-state index contributed by atoms with van der Waals surface area (Å²) in [5.74, 6) is 0.0299. The summed E-state index contributed by atoms with van der Waals surface area (Å²) < 4.78 is 4.78. The molecule has 2 rings (SSSR count). The number of benzene rings is 1. The van der Waals surface area contributed by atoms with E-state index in [1.807, 2.05) is 18.2 Å². The normalized spacial score (nSPS) is 23.6. The summed E-state index contributed by atoms with van der Waals surface area (Å²) in [6.07, 6.45) is 2.91. The topological polar surface area (TPSA) is 38.3 Å². The van der Waals surface area contributed by atoms with Gasteiger partial charge in [0.1, 0.15) is 0 Å². The van der Waals surface area contributed by atoms with E-state index in [4.69, 9.17) is 4.74 Å². The molecule has 0 radical (unpaired) electrons. The number of hydrogen-bond donors (Lipinski definition) is 1. The van der Waals surface area contributed by atoms with Crippen LogP contribution in [0.3, 0.4) is 0 Å². The number of methoxy groups -OCH3 is 1. The van der Waals surface area contributed by atoms with Gasteiger partial charge in [-0.1, -0.05) is 30.3 Å². The number of carbonyl (C=O) groups is 1. The maximum Gasteiger partial charge on any atom is 0.308 e. The van der Waals surface area contributed by atoms with Gasteiger partial charge >= 0.3 is 5.97 Å². The van der Waals surface area contributed by atoms with Gasteiger partial charge in [0.15, 0.2) is 0 Å². The molecule has 1 N–H and O–H groups in total. The highest BCUT2D eigenvalue weighted by atomic mass is 16.5. The molecule has 0 amide bonds. The lowest BCUT2D eigenvalue weighted by atomic mass is 10.1. The predicted octanol–water partition coefficient (Wildman–Crippen LogP) is 2.12. The van der Waals surface area contributed by atoms with Crippen LogP contribution in [0, 0.1) is 5.92 Å². The highest BCUT2D eigenvalue weighted by Gasteiger charge is 2.30. The van der Waals surface area contributed by atoms with Crippen LogP contribution in [0.2, 0.25) is 0 Å². The Morgan fingerprint density at radius 1 is 1.35 bits per heavy atom. The first-order valence-corrected chi connectivity index (χ1v) is 6.14. The molecule has 0 aromatic heterocycles.